The minimum atomic E-state index is -0.0764. The van der Waals surface area contributed by atoms with E-state index in [1.807, 2.05) is 18.2 Å². The van der Waals surface area contributed by atoms with Crippen LogP contribution in [0.15, 0.2) is 24.3 Å². The Morgan fingerprint density at radius 3 is 2.73 bits per heavy atom. The Hall–Kier alpha value is -0.530. The first kappa shape index (κ1) is 11.0. The van der Waals surface area contributed by atoms with Gasteiger partial charge in [0.1, 0.15) is 0 Å². The average molecular weight is 225 g/mol. The quantitative estimate of drug-likeness (QED) is 0.834. The molecule has 1 saturated carbocycles. The Bertz CT molecular complexity index is 324. The highest BCUT2D eigenvalue weighted by Gasteiger charge is 2.24. The van der Waals surface area contributed by atoms with Crippen LogP contribution in [0.25, 0.3) is 0 Å². The molecule has 0 bridgehead atoms. The van der Waals surface area contributed by atoms with Crippen LogP contribution in [0.1, 0.15) is 31.2 Å². The highest BCUT2D eigenvalue weighted by Crippen LogP contribution is 2.30. The van der Waals surface area contributed by atoms with Gasteiger partial charge in [0.05, 0.1) is 6.10 Å². The van der Waals surface area contributed by atoms with Gasteiger partial charge in [0.25, 0.3) is 0 Å². The molecule has 1 aromatic rings. The summed E-state index contributed by atoms with van der Waals surface area (Å²) in [6, 6.07) is 7.98. The first-order valence-electron chi connectivity index (χ1n) is 5.69. The van der Waals surface area contributed by atoms with Gasteiger partial charge >= 0.3 is 0 Å². The number of hydrogen-bond donors (Lipinski definition) is 1. The van der Waals surface area contributed by atoms with E-state index in [-0.39, 0.29) is 6.10 Å². The van der Waals surface area contributed by atoms with Crippen LogP contribution in [0.5, 0.6) is 0 Å². The van der Waals surface area contributed by atoms with Crippen LogP contribution >= 0.6 is 11.6 Å². The number of aliphatic hydroxyl groups is 1. The minimum Gasteiger partial charge on any atom is -0.393 e. The monoisotopic (exact) mass is 224 g/mol. The summed E-state index contributed by atoms with van der Waals surface area (Å²) in [5.74, 6) is 0.487. The molecule has 2 atom stereocenters. The molecule has 0 spiro atoms. The Morgan fingerprint density at radius 2 is 2.07 bits per heavy atom. The van der Waals surface area contributed by atoms with Gasteiger partial charge < -0.3 is 5.11 Å². The molecule has 1 N–H and O–H groups in total. The van der Waals surface area contributed by atoms with Gasteiger partial charge in [-0.3, -0.25) is 0 Å². The minimum absolute atomic E-state index is 0.0764. The van der Waals surface area contributed by atoms with Crippen molar-refractivity contribution in [2.75, 3.05) is 0 Å². The van der Waals surface area contributed by atoms with Gasteiger partial charge in [-0.1, -0.05) is 36.2 Å². The molecule has 1 aromatic carbocycles. The molecule has 2 heteroatoms. The van der Waals surface area contributed by atoms with Crippen molar-refractivity contribution in [3.8, 4) is 0 Å². The molecule has 2 unspecified atom stereocenters. The van der Waals surface area contributed by atoms with Crippen molar-refractivity contribution >= 4 is 11.6 Å². The number of aliphatic hydroxyl groups excluding tert-OH is 1. The lowest BCUT2D eigenvalue weighted by Gasteiger charge is -2.14. The second-order valence-electron chi connectivity index (χ2n) is 4.39. The predicted molar refractivity (Wildman–Crippen MR) is 63.1 cm³/mol. The fourth-order valence-electron chi connectivity index (χ4n) is 2.40. The molecule has 1 fully saturated rings. The van der Waals surface area contributed by atoms with Gasteiger partial charge in [0, 0.05) is 5.02 Å². The van der Waals surface area contributed by atoms with E-state index in [2.05, 4.69) is 6.07 Å². The number of rotatable bonds is 3. The fraction of sp³-hybridized carbons (Fsp3) is 0.538. The summed E-state index contributed by atoms with van der Waals surface area (Å²) in [6.45, 7) is 0. The zero-order valence-electron chi connectivity index (χ0n) is 8.82. The van der Waals surface area contributed by atoms with E-state index in [9.17, 15) is 5.11 Å². The molecule has 82 valence electrons. The molecule has 1 aliphatic rings. The third-order valence-electron chi connectivity index (χ3n) is 3.36. The van der Waals surface area contributed by atoms with E-state index in [1.165, 1.54) is 18.4 Å². The van der Waals surface area contributed by atoms with E-state index < -0.39 is 0 Å². The number of halogens is 1. The number of hydrogen-bond acceptors (Lipinski definition) is 1. The molecule has 0 aliphatic heterocycles. The zero-order chi connectivity index (χ0) is 10.7. The summed E-state index contributed by atoms with van der Waals surface area (Å²) in [7, 11) is 0. The van der Waals surface area contributed by atoms with Crippen LogP contribution in [0.2, 0.25) is 5.02 Å². The van der Waals surface area contributed by atoms with Gasteiger partial charge in [-0.2, -0.15) is 0 Å². The van der Waals surface area contributed by atoms with Crippen molar-refractivity contribution in [1.82, 2.24) is 0 Å². The maximum Gasteiger partial charge on any atom is 0.0568 e. The summed E-state index contributed by atoms with van der Waals surface area (Å²) < 4.78 is 0. The van der Waals surface area contributed by atoms with Crippen LogP contribution < -0.4 is 0 Å². The highest BCUT2D eigenvalue weighted by molar-refractivity contribution is 6.31. The average Bonchev–Trinajstić information content (AvgIpc) is 2.63. The van der Waals surface area contributed by atoms with E-state index >= 15 is 0 Å². The van der Waals surface area contributed by atoms with E-state index in [0.717, 1.165) is 24.3 Å². The fourth-order valence-corrected chi connectivity index (χ4v) is 2.63. The van der Waals surface area contributed by atoms with Crippen molar-refractivity contribution in [2.45, 2.75) is 38.2 Å². The van der Waals surface area contributed by atoms with Gasteiger partial charge in [0.2, 0.25) is 0 Å². The molecule has 0 radical (unpaired) electrons. The Kier molecular flexibility index (Phi) is 3.66. The number of aryl methyl sites for hydroxylation is 1. The molecular formula is C13H17ClO. The summed E-state index contributed by atoms with van der Waals surface area (Å²) in [5.41, 5.74) is 1.21. The van der Waals surface area contributed by atoms with Crippen molar-refractivity contribution in [2.24, 2.45) is 5.92 Å². The summed E-state index contributed by atoms with van der Waals surface area (Å²) >= 11 is 6.08. The third-order valence-corrected chi connectivity index (χ3v) is 3.73. The van der Waals surface area contributed by atoms with Crippen molar-refractivity contribution in [3.63, 3.8) is 0 Å². The number of benzene rings is 1. The maximum absolute atomic E-state index is 9.70. The van der Waals surface area contributed by atoms with Crippen LogP contribution in [-0.4, -0.2) is 11.2 Å². The zero-order valence-corrected chi connectivity index (χ0v) is 9.58. The van der Waals surface area contributed by atoms with E-state index in [1.54, 1.807) is 0 Å². The topological polar surface area (TPSA) is 20.2 Å². The molecule has 1 aliphatic carbocycles. The molecule has 15 heavy (non-hydrogen) atoms. The molecule has 0 saturated heterocycles. The maximum atomic E-state index is 9.70. The van der Waals surface area contributed by atoms with Gasteiger partial charge in [-0.25, -0.2) is 0 Å². The second kappa shape index (κ2) is 5.00. The van der Waals surface area contributed by atoms with Gasteiger partial charge in [0.15, 0.2) is 0 Å². The Balaban J connectivity index is 1.90. The lowest BCUT2D eigenvalue weighted by molar-refractivity contribution is 0.128. The third kappa shape index (κ3) is 2.73. The molecule has 1 nitrogen and oxygen atoms in total. The first-order valence-corrected chi connectivity index (χ1v) is 6.06. The highest BCUT2D eigenvalue weighted by atomic mass is 35.5. The molecule has 0 amide bonds. The summed E-state index contributed by atoms with van der Waals surface area (Å²) in [4.78, 5) is 0. The standard InChI is InChI=1S/C13H17ClO/c14-12-6-2-1-4-10(12)8-9-11-5-3-7-13(11)15/h1-2,4,6,11,13,15H,3,5,7-9H2. The van der Waals surface area contributed by atoms with Gasteiger partial charge in [-0.05, 0) is 43.2 Å². The van der Waals surface area contributed by atoms with Crippen LogP contribution in [0.3, 0.4) is 0 Å². The second-order valence-corrected chi connectivity index (χ2v) is 4.80. The van der Waals surface area contributed by atoms with Crippen molar-refractivity contribution in [3.05, 3.63) is 34.9 Å². The van der Waals surface area contributed by atoms with Gasteiger partial charge in [-0.15, -0.1) is 0 Å². The van der Waals surface area contributed by atoms with Crippen molar-refractivity contribution < 1.29 is 5.11 Å². The van der Waals surface area contributed by atoms with Crippen LogP contribution in [-0.2, 0) is 6.42 Å². The van der Waals surface area contributed by atoms with Crippen LogP contribution in [0.4, 0.5) is 0 Å². The lowest BCUT2D eigenvalue weighted by Crippen LogP contribution is -2.13. The SMILES string of the molecule is OC1CCCC1CCc1ccccc1Cl. The Labute approximate surface area is 96.1 Å². The predicted octanol–water partition coefficient (Wildman–Crippen LogP) is 3.43. The molecule has 0 aromatic heterocycles. The first-order chi connectivity index (χ1) is 7.27. The molecular weight excluding hydrogens is 208 g/mol. The van der Waals surface area contributed by atoms with E-state index in [0.29, 0.717) is 5.92 Å². The summed E-state index contributed by atoms with van der Waals surface area (Å²) in [5, 5.41) is 10.6. The van der Waals surface area contributed by atoms with E-state index in [4.69, 9.17) is 11.6 Å². The molecule has 2 rings (SSSR count). The normalized spacial score (nSPS) is 25.7. The Morgan fingerprint density at radius 1 is 1.27 bits per heavy atom. The van der Waals surface area contributed by atoms with Crippen molar-refractivity contribution in [1.29, 1.82) is 0 Å². The lowest BCUT2D eigenvalue weighted by atomic mass is 9.96. The van der Waals surface area contributed by atoms with Crippen LogP contribution in [0, 0.1) is 5.92 Å². The molecule has 0 heterocycles. The summed E-state index contributed by atoms with van der Waals surface area (Å²) in [6.07, 6.45) is 5.30. The smallest absolute Gasteiger partial charge is 0.0568 e. The largest absolute Gasteiger partial charge is 0.393 e.